The van der Waals surface area contributed by atoms with Crippen LogP contribution in [0.1, 0.15) is 36.1 Å². The Hall–Kier alpha value is -2.59. The molecule has 0 saturated heterocycles. The molecule has 2 unspecified atom stereocenters. The van der Waals surface area contributed by atoms with Gasteiger partial charge in [-0.1, -0.05) is 54.1 Å². The number of amides is 1. The van der Waals surface area contributed by atoms with Gasteiger partial charge in [-0.05, 0) is 37.1 Å². The van der Waals surface area contributed by atoms with Crippen molar-refractivity contribution in [3.63, 3.8) is 0 Å². The van der Waals surface area contributed by atoms with E-state index in [-0.39, 0.29) is 18.4 Å². The minimum absolute atomic E-state index is 0.122. The molecule has 0 saturated carbocycles. The summed E-state index contributed by atoms with van der Waals surface area (Å²) < 4.78 is 5.10. The lowest BCUT2D eigenvalue weighted by Crippen LogP contribution is -2.36. The highest BCUT2D eigenvalue weighted by Crippen LogP contribution is 2.20. The van der Waals surface area contributed by atoms with E-state index in [4.69, 9.17) is 4.74 Å². The van der Waals surface area contributed by atoms with Gasteiger partial charge in [0.05, 0.1) is 19.3 Å². The van der Waals surface area contributed by atoms with E-state index in [2.05, 4.69) is 5.32 Å². The SMILES string of the molecule is COc1ccc(C(O)C(C)NC(=O)C/C=C/c2ccc(C)cc2)cc1. The van der Waals surface area contributed by atoms with E-state index in [9.17, 15) is 9.90 Å². The van der Waals surface area contributed by atoms with Crippen molar-refractivity contribution < 1.29 is 14.6 Å². The second-order valence-electron chi connectivity index (χ2n) is 6.09. The zero-order valence-corrected chi connectivity index (χ0v) is 14.9. The van der Waals surface area contributed by atoms with Crippen LogP contribution in [-0.2, 0) is 4.79 Å². The van der Waals surface area contributed by atoms with Crippen LogP contribution in [0.2, 0.25) is 0 Å². The number of ether oxygens (including phenoxy) is 1. The highest BCUT2D eigenvalue weighted by molar-refractivity contribution is 5.78. The Morgan fingerprint density at radius 2 is 1.80 bits per heavy atom. The van der Waals surface area contributed by atoms with Gasteiger partial charge in [0.25, 0.3) is 0 Å². The van der Waals surface area contributed by atoms with Crippen molar-refractivity contribution in [1.29, 1.82) is 0 Å². The van der Waals surface area contributed by atoms with Crippen LogP contribution in [0.25, 0.3) is 6.08 Å². The second kappa shape index (κ2) is 9.04. The topological polar surface area (TPSA) is 58.6 Å². The molecule has 0 fully saturated rings. The molecule has 25 heavy (non-hydrogen) atoms. The van der Waals surface area contributed by atoms with Gasteiger partial charge in [-0.15, -0.1) is 0 Å². The van der Waals surface area contributed by atoms with Crippen molar-refractivity contribution in [2.24, 2.45) is 0 Å². The number of hydrogen-bond donors (Lipinski definition) is 2. The minimum atomic E-state index is -0.768. The fourth-order valence-corrected chi connectivity index (χ4v) is 2.46. The van der Waals surface area contributed by atoms with Gasteiger partial charge in [0, 0.05) is 6.42 Å². The highest BCUT2D eigenvalue weighted by Gasteiger charge is 2.17. The largest absolute Gasteiger partial charge is 0.497 e. The van der Waals surface area contributed by atoms with Crippen molar-refractivity contribution in [3.05, 3.63) is 71.3 Å². The lowest BCUT2D eigenvalue weighted by Gasteiger charge is -2.20. The second-order valence-corrected chi connectivity index (χ2v) is 6.09. The third-order valence-electron chi connectivity index (χ3n) is 4.01. The highest BCUT2D eigenvalue weighted by atomic mass is 16.5. The molecule has 2 atom stereocenters. The van der Waals surface area contributed by atoms with Crippen molar-refractivity contribution >= 4 is 12.0 Å². The summed E-state index contributed by atoms with van der Waals surface area (Å²) in [4.78, 5) is 12.0. The number of carbonyl (C=O) groups is 1. The molecule has 0 aliphatic rings. The first kappa shape index (κ1) is 18.7. The molecule has 1 amide bonds. The van der Waals surface area contributed by atoms with E-state index in [1.165, 1.54) is 5.56 Å². The van der Waals surface area contributed by atoms with Gasteiger partial charge in [-0.25, -0.2) is 0 Å². The monoisotopic (exact) mass is 339 g/mol. The summed E-state index contributed by atoms with van der Waals surface area (Å²) in [7, 11) is 1.60. The van der Waals surface area contributed by atoms with Crippen molar-refractivity contribution in [2.45, 2.75) is 32.4 Å². The summed E-state index contributed by atoms with van der Waals surface area (Å²) in [6.07, 6.45) is 3.25. The summed E-state index contributed by atoms with van der Waals surface area (Å²) in [5.74, 6) is 0.609. The molecular weight excluding hydrogens is 314 g/mol. The Morgan fingerprint density at radius 1 is 1.16 bits per heavy atom. The summed E-state index contributed by atoms with van der Waals surface area (Å²) in [6.45, 7) is 3.83. The molecule has 2 aromatic carbocycles. The predicted octanol–water partition coefficient (Wildman–Crippen LogP) is 3.65. The first-order valence-electron chi connectivity index (χ1n) is 8.34. The van der Waals surface area contributed by atoms with E-state index in [1.807, 2.05) is 43.3 Å². The molecule has 0 aliphatic heterocycles. The van der Waals surface area contributed by atoms with E-state index < -0.39 is 6.10 Å². The van der Waals surface area contributed by atoms with Crippen molar-refractivity contribution in [2.75, 3.05) is 7.11 Å². The maximum atomic E-state index is 12.0. The van der Waals surface area contributed by atoms with E-state index in [0.717, 1.165) is 16.9 Å². The minimum Gasteiger partial charge on any atom is -0.497 e. The summed E-state index contributed by atoms with van der Waals surface area (Å²) in [6, 6.07) is 14.9. The molecule has 2 aromatic rings. The fraction of sp³-hybridized carbons (Fsp3) is 0.286. The summed E-state index contributed by atoms with van der Waals surface area (Å²) in [5, 5.41) is 13.2. The average molecular weight is 339 g/mol. The Labute approximate surface area is 149 Å². The fourth-order valence-electron chi connectivity index (χ4n) is 2.46. The molecule has 0 radical (unpaired) electrons. The third-order valence-corrected chi connectivity index (χ3v) is 4.01. The predicted molar refractivity (Wildman–Crippen MR) is 100 cm³/mol. The quantitative estimate of drug-likeness (QED) is 0.809. The Morgan fingerprint density at radius 3 is 2.40 bits per heavy atom. The van der Waals surface area contributed by atoms with Crippen LogP contribution in [0.5, 0.6) is 5.75 Å². The molecule has 0 heterocycles. The number of hydrogen-bond acceptors (Lipinski definition) is 3. The van der Waals surface area contributed by atoms with Gasteiger partial charge >= 0.3 is 0 Å². The Balaban J connectivity index is 1.84. The molecule has 0 aliphatic carbocycles. The normalized spacial score (nSPS) is 13.4. The van der Waals surface area contributed by atoms with Crippen LogP contribution in [-0.4, -0.2) is 24.2 Å². The first-order valence-corrected chi connectivity index (χ1v) is 8.34. The number of methoxy groups -OCH3 is 1. The molecular formula is C21H25NO3. The van der Waals surface area contributed by atoms with Crippen LogP contribution in [0.3, 0.4) is 0 Å². The number of benzene rings is 2. The lowest BCUT2D eigenvalue weighted by atomic mass is 10.0. The van der Waals surface area contributed by atoms with Gasteiger partial charge in [-0.2, -0.15) is 0 Å². The molecule has 0 spiro atoms. The van der Waals surface area contributed by atoms with Crippen LogP contribution in [0.15, 0.2) is 54.6 Å². The number of aliphatic hydroxyl groups excluding tert-OH is 1. The van der Waals surface area contributed by atoms with Crippen molar-refractivity contribution in [1.82, 2.24) is 5.32 Å². The number of carbonyl (C=O) groups excluding carboxylic acids is 1. The van der Waals surface area contributed by atoms with Crippen LogP contribution >= 0.6 is 0 Å². The maximum absolute atomic E-state index is 12.0. The van der Waals surface area contributed by atoms with Crippen LogP contribution < -0.4 is 10.1 Å². The van der Waals surface area contributed by atoms with Gasteiger partial charge in [-0.3, -0.25) is 4.79 Å². The Bertz CT molecular complexity index is 705. The van der Waals surface area contributed by atoms with E-state index >= 15 is 0 Å². The van der Waals surface area contributed by atoms with E-state index in [1.54, 1.807) is 38.3 Å². The van der Waals surface area contributed by atoms with Crippen LogP contribution in [0, 0.1) is 6.92 Å². The number of rotatable bonds is 7. The number of nitrogens with one attached hydrogen (secondary N) is 1. The average Bonchev–Trinajstić information content (AvgIpc) is 2.62. The van der Waals surface area contributed by atoms with Crippen molar-refractivity contribution in [3.8, 4) is 5.75 Å². The van der Waals surface area contributed by atoms with E-state index in [0.29, 0.717) is 0 Å². The zero-order chi connectivity index (χ0) is 18.2. The first-order chi connectivity index (χ1) is 12.0. The molecule has 4 nitrogen and oxygen atoms in total. The zero-order valence-electron chi connectivity index (χ0n) is 14.9. The summed E-state index contributed by atoms with van der Waals surface area (Å²) in [5.41, 5.74) is 3.00. The number of aliphatic hydroxyl groups is 1. The molecule has 2 rings (SSSR count). The molecule has 4 heteroatoms. The van der Waals surface area contributed by atoms with Crippen LogP contribution in [0.4, 0.5) is 0 Å². The smallest absolute Gasteiger partial charge is 0.224 e. The van der Waals surface area contributed by atoms with Gasteiger partial charge in [0.15, 0.2) is 0 Å². The molecule has 2 N–H and O–H groups in total. The molecule has 0 aromatic heterocycles. The standard InChI is InChI=1S/C21H25NO3/c1-15-7-9-17(10-8-15)5-4-6-20(23)22-16(2)21(24)18-11-13-19(25-3)14-12-18/h4-5,7-14,16,21,24H,6H2,1-3H3,(H,22,23)/b5-4+. The third kappa shape index (κ3) is 5.76. The lowest BCUT2D eigenvalue weighted by molar-refractivity contribution is -0.121. The molecule has 132 valence electrons. The maximum Gasteiger partial charge on any atom is 0.224 e. The Kier molecular flexibility index (Phi) is 6.78. The van der Waals surface area contributed by atoms with Gasteiger partial charge < -0.3 is 15.2 Å². The van der Waals surface area contributed by atoms with Gasteiger partial charge in [0.2, 0.25) is 5.91 Å². The number of aryl methyl sites for hydroxylation is 1. The molecule has 0 bridgehead atoms. The van der Waals surface area contributed by atoms with Gasteiger partial charge in [0.1, 0.15) is 5.75 Å². The summed E-state index contributed by atoms with van der Waals surface area (Å²) >= 11 is 0.